The minimum Gasteiger partial charge on any atom is -0.619 e. The minimum atomic E-state index is -0.0106. The number of likely N-dealkylation sites (tertiary alicyclic amines) is 1. The summed E-state index contributed by atoms with van der Waals surface area (Å²) in [6, 6.07) is 9.49. The molecule has 1 atom stereocenters. The molecule has 0 bridgehead atoms. The fourth-order valence-corrected chi connectivity index (χ4v) is 3.76. The molecule has 3 rings (SSSR count). The van der Waals surface area contributed by atoms with Crippen LogP contribution < -0.4 is 14.2 Å². The first-order chi connectivity index (χ1) is 14.0. The van der Waals surface area contributed by atoms with Crippen molar-refractivity contribution >= 4 is 5.91 Å². The van der Waals surface area contributed by atoms with Crippen molar-refractivity contribution in [3.8, 4) is 11.5 Å². The third kappa shape index (κ3) is 5.17. The summed E-state index contributed by atoms with van der Waals surface area (Å²) in [5.41, 5.74) is 1.75. The van der Waals surface area contributed by atoms with E-state index in [-0.39, 0.29) is 5.91 Å². The summed E-state index contributed by atoms with van der Waals surface area (Å²) in [4.78, 5) is 17.0. The smallest absolute Gasteiger partial charge is 0.254 e. The van der Waals surface area contributed by atoms with Crippen LogP contribution in [0.3, 0.4) is 0 Å². The molecule has 1 amide bonds. The van der Waals surface area contributed by atoms with Crippen LogP contribution in [0.15, 0.2) is 42.7 Å². The molecule has 7 heteroatoms. The zero-order valence-electron chi connectivity index (χ0n) is 17.3. The maximum atomic E-state index is 12.8. The van der Waals surface area contributed by atoms with Crippen LogP contribution in [0, 0.1) is 5.21 Å². The largest absolute Gasteiger partial charge is 0.619 e. The van der Waals surface area contributed by atoms with Crippen molar-refractivity contribution in [3.63, 3.8) is 0 Å². The van der Waals surface area contributed by atoms with Gasteiger partial charge in [-0.05, 0) is 44.0 Å². The number of hydrogen-bond acceptors (Lipinski definition) is 5. The van der Waals surface area contributed by atoms with Gasteiger partial charge in [-0.15, -0.1) is 0 Å². The molecule has 2 heterocycles. The fraction of sp³-hybridized carbons (Fsp3) is 0.455. The zero-order valence-corrected chi connectivity index (χ0v) is 17.3. The molecule has 0 unspecified atom stereocenters. The SMILES string of the molecule is COc1ccc(CCN(C)[C@@H]2CCCN(C(=O)c3cc[n+]([O-])cc3)C2)cc1OC. The first-order valence-electron chi connectivity index (χ1n) is 9.91. The molecule has 0 N–H and O–H groups in total. The van der Waals surface area contributed by atoms with Crippen molar-refractivity contribution in [3.05, 3.63) is 59.1 Å². The lowest BCUT2D eigenvalue weighted by Gasteiger charge is -2.37. The van der Waals surface area contributed by atoms with Gasteiger partial charge in [0.1, 0.15) is 0 Å². The molecule has 1 aliphatic rings. The van der Waals surface area contributed by atoms with Gasteiger partial charge in [-0.2, -0.15) is 4.73 Å². The maximum absolute atomic E-state index is 12.8. The van der Waals surface area contributed by atoms with E-state index in [9.17, 15) is 10.0 Å². The second-order valence-corrected chi connectivity index (χ2v) is 7.41. The van der Waals surface area contributed by atoms with Gasteiger partial charge in [0.2, 0.25) is 0 Å². The number of carbonyl (C=O) groups is 1. The number of carbonyl (C=O) groups excluding carboxylic acids is 1. The highest BCUT2D eigenvalue weighted by Crippen LogP contribution is 2.28. The molecule has 1 aromatic heterocycles. The number of piperidine rings is 1. The van der Waals surface area contributed by atoms with Crippen molar-refractivity contribution in [2.24, 2.45) is 0 Å². The third-order valence-corrected chi connectivity index (χ3v) is 5.56. The summed E-state index contributed by atoms with van der Waals surface area (Å²) in [6.07, 6.45) is 5.67. The average molecular weight is 399 g/mol. The Morgan fingerprint density at radius 1 is 1.21 bits per heavy atom. The highest BCUT2D eigenvalue weighted by Gasteiger charge is 2.27. The summed E-state index contributed by atoms with van der Waals surface area (Å²) in [7, 11) is 5.39. The number of likely N-dealkylation sites (N-methyl/N-ethyl adjacent to an activating group) is 1. The summed E-state index contributed by atoms with van der Waals surface area (Å²) in [6.45, 7) is 2.35. The Morgan fingerprint density at radius 3 is 2.62 bits per heavy atom. The molecule has 0 spiro atoms. The number of methoxy groups -OCH3 is 2. The van der Waals surface area contributed by atoms with Crippen LogP contribution in [-0.4, -0.2) is 62.7 Å². The topological polar surface area (TPSA) is 69.0 Å². The molecule has 2 aromatic rings. The summed E-state index contributed by atoms with van der Waals surface area (Å²) >= 11 is 0. The molecule has 1 fully saturated rings. The molecule has 1 aromatic carbocycles. The molecule has 1 saturated heterocycles. The van der Waals surface area contributed by atoms with E-state index in [4.69, 9.17) is 9.47 Å². The second-order valence-electron chi connectivity index (χ2n) is 7.41. The van der Waals surface area contributed by atoms with E-state index in [1.54, 1.807) is 26.4 Å². The van der Waals surface area contributed by atoms with E-state index in [0.717, 1.165) is 43.9 Å². The molecule has 0 aliphatic carbocycles. The molecule has 1 aliphatic heterocycles. The predicted molar refractivity (Wildman–Crippen MR) is 110 cm³/mol. The van der Waals surface area contributed by atoms with Crippen molar-refractivity contribution in [2.75, 3.05) is 40.9 Å². The molecule has 0 radical (unpaired) electrons. The van der Waals surface area contributed by atoms with Gasteiger partial charge in [0, 0.05) is 37.8 Å². The maximum Gasteiger partial charge on any atom is 0.254 e. The number of nitrogens with zero attached hydrogens (tertiary/aromatic N) is 3. The van der Waals surface area contributed by atoms with Gasteiger partial charge in [-0.25, -0.2) is 0 Å². The molecule has 156 valence electrons. The van der Waals surface area contributed by atoms with Gasteiger partial charge >= 0.3 is 0 Å². The Labute approximate surface area is 172 Å². The quantitative estimate of drug-likeness (QED) is 0.527. The van der Waals surface area contributed by atoms with Gasteiger partial charge in [0.25, 0.3) is 5.91 Å². The number of aromatic nitrogens is 1. The van der Waals surface area contributed by atoms with Gasteiger partial charge in [-0.3, -0.25) is 4.79 Å². The number of hydrogen-bond donors (Lipinski definition) is 0. The van der Waals surface area contributed by atoms with Gasteiger partial charge in [0.15, 0.2) is 23.9 Å². The number of ether oxygens (including phenoxy) is 2. The minimum absolute atomic E-state index is 0.0106. The number of rotatable bonds is 7. The van der Waals surface area contributed by atoms with E-state index >= 15 is 0 Å². The second kappa shape index (κ2) is 9.60. The molecule has 0 saturated carbocycles. The normalized spacial score (nSPS) is 16.7. The van der Waals surface area contributed by atoms with Crippen LogP contribution in [0.5, 0.6) is 11.5 Å². The van der Waals surface area contributed by atoms with Crippen molar-refractivity contribution in [1.82, 2.24) is 9.80 Å². The summed E-state index contributed by atoms with van der Waals surface area (Å²) < 4.78 is 11.4. The van der Waals surface area contributed by atoms with Crippen LogP contribution in [0.25, 0.3) is 0 Å². The highest BCUT2D eigenvalue weighted by molar-refractivity contribution is 5.94. The number of pyridine rings is 1. The predicted octanol–water partition coefficient (Wildman–Crippen LogP) is 2.12. The van der Waals surface area contributed by atoms with Crippen molar-refractivity contribution < 1.29 is 19.0 Å². The lowest BCUT2D eigenvalue weighted by atomic mass is 10.0. The Bertz CT molecular complexity index is 825. The lowest BCUT2D eigenvalue weighted by molar-refractivity contribution is -0.605. The van der Waals surface area contributed by atoms with E-state index in [1.165, 1.54) is 18.0 Å². The van der Waals surface area contributed by atoms with Crippen LogP contribution in [0.2, 0.25) is 0 Å². The number of benzene rings is 1. The standard InChI is InChI=1S/C22H29N3O4/c1-23(12-8-17-6-7-20(28-2)21(15-17)29-3)19-5-4-11-24(16-19)22(26)18-9-13-25(27)14-10-18/h6-7,9-10,13-15,19H,4-5,8,11-12,16H2,1-3H3/t19-/m1/s1. The molecular formula is C22H29N3O4. The first-order valence-corrected chi connectivity index (χ1v) is 9.91. The Hall–Kier alpha value is -2.80. The lowest BCUT2D eigenvalue weighted by Crippen LogP contribution is -2.49. The summed E-state index contributed by atoms with van der Waals surface area (Å²) in [5.74, 6) is 1.46. The van der Waals surface area contributed by atoms with E-state index in [1.807, 2.05) is 17.0 Å². The Kier molecular flexibility index (Phi) is 6.93. The Balaban J connectivity index is 1.57. The zero-order chi connectivity index (χ0) is 20.8. The molecular weight excluding hydrogens is 370 g/mol. The van der Waals surface area contributed by atoms with Crippen LogP contribution in [0.1, 0.15) is 28.8 Å². The van der Waals surface area contributed by atoms with E-state index in [0.29, 0.717) is 22.9 Å². The molecule has 7 nitrogen and oxygen atoms in total. The Morgan fingerprint density at radius 2 is 1.93 bits per heavy atom. The van der Waals surface area contributed by atoms with Gasteiger partial charge in [0.05, 0.1) is 19.8 Å². The fourth-order valence-electron chi connectivity index (χ4n) is 3.76. The highest BCUT2D eigenvalue weighted by atomic mass is 16.5. The van der Waals surface area contributed by atoms with Crippen LogP contribution >= 0.6 is 0 Å². The average Bonchev–Trinajstić information content (AvgIpc) is 2.77. The van der Waals surface area contributed by atoms with Gasteiger partial charge < -0.3 is 24.5 Å². The monoisotopic (exact) mass is 399 g/mol. The third-order valence-electron chi connectivity index (χ3n) is 5.56. The van der Waals surface area contributed by atoms with E-state index in [2.05, 4.69) is 18.0 Å². The first kappa shape index (κ1) is 20.9. The van der Waals surface area contributed by atoms with Crippen molar-refractivity contribution in [2.45, 2.75) is 25.3 Å². The van der Waals surface area contributed by atoms with Gasteiger partial charge in [-0.1, -0.05) is 6.07 Å². The van der Waals surface area contributed by atoms with Crippen molar-refractivity contribution in [1.29, 1.82) is 0 Å². The van der Waals surface area contributed by atoms with E-state index < -0.39 is 0 Å². The number of amides is 1. The summed E-state index contributed by atoms with van der Waals surface area (Å²) in [5, 5.41) is 11.2. The molecule has 29 heavy (non-hydrogen) atoms. The van der Waals surface area contributed by atoms with Crippen LogP contribution in [0.4, 0.5) is 0 Å². The van der Waals surface area contributed by atoms with Crippen LogP contribution in [-0.2, 0) is 6.42 Å².